The van der Waals surface area contributed by atoms with Crippen molar-refractivity contribution in [2.24, 2.45) is 0 Å². The van der Waals surface area contributed by atoms with Gasteiger partial charge in [-0.1, -0.05) is 23.7 Å². The van der Waals surface area contributed by atoms with Gasteiger partial charge in [0.15, 0.2) is 0 Å². The molecule has 0 aliphatic carbocycles. The predicted molar refractivity (Wildman–Crippen MR) is 104 cm³/mol. The van der Waals surface area contributed by atoms with Crippen LogP contribution in [-0.2, 0) is 0 Å². The molecule has 2 aromatic carbocycles. The summed E-state index contributed by atoms with van der Waals surface area (Å²) in [6.07, 6.45) is 0. The van der Waals surface area contributed by atoms with Gasteiger partial charge in [-0.05, 0) is 36.4 Å². The number of thiazole rings is 1. The standard InChI is InChI=1S/C19H13ClFN3OS/c20-12-3-1-2-11(8-12)15-10-26-19(23-15)17-16(25)9-24(18(17)22)14-6-4-13(21)5-7-14/h1-8,10,22,25H,9H2. The predicted octanol–water partition coefficient (Wildman–Crippen LogP) is 5.37. The minimum Gasteiger partial charge on any atom is -0.510 e. The average molecular weight is 386 g/mol. The second kappa shape index (κ2) is 6.55. The van der Waals surface area contributed by atoms with Gasteiger partial charge >= 0.3 is 0 Å². The second-order valence-electron chi connectivity index (χ2n) is 5.78. The lowest BCUT2D eigenvalue weighted by atomic mass is 10.2. The number of anilines is 1. The Balaban J connectivity index is 1.65. The number of hydrogen-bond donors (Lipinski definition) is 2. The van der Waals surface area contributed by atoms with Crippen molar-refractivity contribution >= 4 is 40.0 Å². The number of benzene rings is 2. The molecule has 1 aliphatic heterocycles. The maximum absolute atomic E-state index is 13.1. The number of hydrogen-bond acceptors (Lipinski definition) is 4. The SMILES string of the molecule is N=C1C(c2nc(-c3cccc(Cl)c3)cs2)=C(O)CN1c1ccc(F)cc1. The fourth-order valence-electron chi connectivity index (χ4n) is 2.81. The molecule has 130 valence electrons. The molecule has 1 aliphatic rings. The van der Waals surface area contributed by atoms with Crippen LogP contribution < -0.4 is 4.90 Å². The summed E-state index contributed by atoms with van der Waals surface area (Å²) < 4.78 is 13.1. The van der Waals surface area contributed by atoms with Crippen LogP contribution in [0.15, 0.2) is 59.7 Å². The summed E-state index contributed by atoms with van der Waals surface area (Å²) in [5, 5.41) is 21.9. The number of aromatic nitrogens is 1. The van der Waals surface area contributed by atoms with E-state index in [0.29, 0.717) is 21.3 Å². The summed E-state index contributed by atoms with van der Waals surface area (Å²) in [6, 6.07) is 13.2. The Hall–Kier alpha value is -2.70. The number of halogens is 2. The molecule has 2 heterocycles. The maximum Gasteiger partial charge on any atom is 0.139 e. The number of nitrogens with zero attached hydrogens (tertiary/aromatic N) is 2. The molecular weight excluding hydrogens is 373 g/mol. The number of amidine groups is 1. The normalized spacial score (nSPS) is 14.4. The summed E-state index contributed by atoms with van der Waals surface area (Å²) in [6.45, 7) is 0.159. The van der Waals surface area contributed by atoms with Crippen LogP contribution >= 0.6 is 22.9 Å². The first kappa shape index (κ1) is 16.8. The van der Waals surface area contributed by atoms with Crippen molar-refractivity contribution in [1.82, 2.24) is 4.98 Å². The van der Waals surface area contributed by atoms with E-state index in [1.807, 2.05) is 23.6 Å². The lowest BCUT2D eigenvalue weighted by Crippen LogP contribution is -2.25. The largest absolute Gasteiger partial charge is 0.510 e. The van der Waals surface area contributed by atoms with Crippen molar-refractivity contribution in [3.63, 3.8) is 0 Å². The third kappa shape index (κ3) is 2.98. The molecule has 7 heteroatoms. The molecule has 0 bridgehead atoms. The Morgan fingerprint density at radius 1 is 1.19 bits per heavy atom. The lowest BCUT2D eigenvalue weighted by Gasteiger charge is -2.18. The highest BCUT2D eigenvalue weighted by atomic mass is 35.5. The highest BCUT2D eigenvalue weighted by Gasteiger charge is 2.31. The number of aliphatic hydroxyl groups excluding tert-OH is 1. The highest BCUT2D eigenvalue weighted by molar-refractivity contribution is 7.11. The summed E-state index contributed by atoms with van der Waals surface area (Å²) in [4.78, 5) is 6.18. The first-order chi connectivity index (χ1) is 12.5. The van der Waals surface area contributed by atoms with E-state index in [0.717, 1.165) is 11.3 Å². The van der Waals surface area contributed by atoms with E-state index < -0.39 is 0 Å². The Kier molecular flexibility index (Phi) is 4.22. The molecule has 0 amide bonds. The summed E-state index contributed by atoms with van der Waals surface area (Å²) >= 11 is 7.39. The maximum atomic E-state index is 13.1. The molecule has 0 spiro atoms. The van der Waals surface area contributed by atoms with Gasteiger partial charge in [-0.15, -0.1) is 11.3 Å². The van der Waals surface area contributed by atoms with Crippen LogP contribution in [0.4, 0.5) is 10.1 Å². The van der Waals surface area contributed by atoms with Gasteiger partial charge in [0.25, 0.3) is 0 Å². The van der Waals surface area contributed by atoms with Gasteiger partial charge in [0.1, 0.15) is 22.4 Å². The zero-order valence-electron chi connectivity index (χ0n) is 13.4. The van der Waals surface area contributed by atoms with Crippen molar-refractivity contribution in [3.05, 3.63) is 75.5 Å². The molecule has 0 fully saturated rings. The first-order valence-electron chi connectivity index (χ1n) is 7.79. The topological polar surface area (TPSA) is 60.2 Å². The van der Waals surface area contributed by atoms with Crippen molar-refractivity contribution < 1.29 is 9.50 Å². The smallest absolute Gasteiger partial charge is 0.139 e. The molecule has 2 N–H and O–H groups in total. The fraction of sp³-hybridized carbons (Fsp3) is 0.0526. The molecule has 0 saturated heterocycles. The molecular formula is C19H13ClFN3OS. The number of nitrogens with one attached hydrogen (secondary N) is 1. The Bertz CT molecular complexity index is 1030. The third-order valence-electron chi connectivity index (χ3n) is 4.08. The Morgan fingerprint density at radius 2 is 1.96 bits per heavy atom. The minimum absolute atomic E-state index is 0.0753. The number of rotatable bonds is 3. The molecule has 4 nitrogen and oxygen atoms in total. The molecule has 0 radical (unpaired) electrons. The monoisotopic (exact) mass is 385 g/mol. The Morgan fingerprint density at radius 3 is 2.69 bits per heavy atom. The highest BCUT2D eigenvalue weighted by Crippen LogP contribution is 2.34. The van der Waals surface area contributed by atoms with Crippen molar-refractivity contribution in [2.75, 3.05) is 11.4 Å². The van der Waals surface area contributed by atoms with Gasteiger partial charge in [-0.25, -0.2) is 9.37 Å². The van der Waals surface area contributed by atoms with Crippen LogP contribution in [0.5, 0.6) is 0 Å². The average Bonchev–Trinajstić information content (AvgIpc) is 3.20. The molecule has 3 aromatic rings. The molecule has 1 aromatic heterocycles. The summed E-state index contributed by atoms with van der Waals surface area (Å²) in [5.41, 5.74) is 2.65. The Labute approximate surface area is 158 Å². The van der Waals surface area contributed by atoms with Gasteiger partial charge in [-0.2, -0.15) is 0 Å². The van der Waals surface area contributed by atoms with E-state index >= 15 is 0 Å². The zero-order valence-corrected chi connectivity index (χ0v) is 15.0. The van der Waals surface area contributed by atoms with Crippen LogP contribution in [-0.4, -0.2) is 22.5 Å². The van der Waals surface area contributed by atoms with E-state index in [1.54, 1.807) is 23.1 Å². The van der Waals surface area contributed by atoms with Gasteiger partial charge in [-0.3, -0.25) is 5.41 Å². The minimum atomic E-state index is -0.344. The fourth-order valence-corrected chi connectivity index (χ4v) is 3.90. The van der Waals surface area contributed by atoms with E-state index in [9.17, 15) is 9.50 Å². The van der Waals surface area contributed by atoms with Crippen molar-refractivity contribution in [2.45, 2.75) is 0 Å². The van der Waals surface area contributed by atoms with Gasteiger partial charge < -0.3 is 10.0 Å². The van der Waals surface area contributed by atoms with Crippen LogP contribution in [0.2, 0.25) is 5.02 Å². The molecule has 0 atom stereocenters. The van der Waals surface area contributed by atoms with Gasteiger partial charge in [0.2, 0.25) is 0 Å². The molecule has 26 heavy (non-hydrogen) atoms. The van der Waals surface area contributed by atoms with Crippen LogP contribution in [0.1, 0.15) is 5.01 Å². The lowest BCUT2D eigenvalue weighted by molar-refractivity contribution is 0.411. The van der Waals surface area contributed by atoms with Gasteiger partial charge in [0.05, 0.1) is 17.8 Å². The zero-order chi connectivity index (χ0) is 18.3. The quantitative estimate of drug-likeness (QED) is 0.637. The van der Waals surface area contributed by atoms with Crippen molar-refractivity contribution in [1.29, 1.82) is 5.41 Å². The van der Waals surface area contributed by atoms with Crippen molar-refractivity contribution in [3.8, 4) is 11.3 Å². The van der Waals surface area contributed by atoms with E-state index in [4.69, 9.17) is 17.0 Å². The molecule has 4 rings (SSSR count). The van der Waals surface area contributed by atoms with E-state index in [-0.39, 0.29) is 24.0 Å². The first-order valence-corrected chi connectivity index (χ1v) is 9.04. The molecule has 0 saturated carbocycles. The second-order valence-corrected chi connectivity index (χ2v) is 7.08. The number of aliphatic hydroxyl groups is 1. The van der Waals surface area contributed by atoms with Crippen LogP contribution in [0.3, 0.4) is 0 Å². The van der Waals surface area contributed by atoms with Crippen LogP contribution in [0, 0.1) is 11.2 Å². The summed E-state index contributed by atoms with van der Waals surface area (Å²) in [5.74, 6) is -0.129. The van der Waals surface area contributed by atoms with Crippen LogP contribution in [0.25, 0.3) is 16.8 Å². The van der Waals surface area contributed by atoms with E-state index in [1.165, 1.54) is 23.5 Å². The van der Waals surface area contributed by atoms with E-state index in [2.05, 4.69) is 4.98 Å². The molecule has 0 unspecified atom stereocenters. The third-order valence-corrected chi connectivity index (χ3v) is 5.17. The summed E-state index contributed by atoms with van der Waals surface area (Å²) in [7, 11) is 0. The van der Waals surface area contributed by atoms with Gasteiger partial charge in [0, 0.05) is 21.7 Å².